The molecule has 0 spiro atoms. The number of hydrogen-bond donors (Lipinski definition) is 1. The van der Waals surface area contributed by atoms with Crippen molar-refractivity contribution in [3.8, 4) is 5.75 Å². The van der Waals surface area contributed by atoms with Crippen LogP contribution in [0.5, 0.6) is 5.75 Å². The second kappa shape index (κ2) is 2.74. The van der Waals surface area contributed by atoms with Gasteiger partial charge in [-0.25, -0.2) is 0 Å². The third-order valence-electron chi connectivity index (χ3n) is 2.49. The molecule has 13 heavy (non-hydrogen) atoms. The Bertz CT molecular complexity index is 468. The van der Waals surface area contributed by atoms with E-state index in [0.717, 1.165) is 5.56 Å². The van der Waals surface area contributed by atoms with E-state index in [-0.39, 0.29) is 0 Å². The van der Waals surface area contributed by atoms with E-state index in [1.807, 2.05) is 13.0 Å². The molecule has 68 valence electrons. The maximum absolute atomic E-state index is 9.52. The van der Waals surface area contributed by atoms with E-state index in [2.05, 4.69) is 19.9 Å². The molecule has 0 bridgehead atoms. The molecule has 2 aromatic rings. The number of aryl methyl sites for hydroxylation is 3. The Hall–Kier alpha value is -1.02. The first-order chi connectivity index (χ1) is 6.09. The molecule has 0 aliphatic carbocycles. The van der Waals surface area contributed by atoms with Gasteiger partial charge in [-0.05, 0) is 49.4 Å². The topological polar surface area (TPSA) is 20.2 Å². The van der Waals surface area contributed by atoms with E-state index >= 15 is 0 Å². The third-order valence-corrected chi connectivity index (χ3v) is 3.66. The van der Waals surface area contributed by atoms with Crippen LogP contribution in [0.15, 0.2) is 12.1 Å². The number of rotatable bonds is 0. The van der Waals surface area contributed by atoms with Crippen molar-refractivity contribution in [2.45, 2.75) is 20.8 Å². The van der Waals surface area contributed by atoms with Crippen LogP contribution in [0.25, 0.3) is 10.1 Å². The molecule has 1 nitrogen and oxygen atoms in total. The highest BCUT2D eigenvalue weighted by molar-refractivity contribution is 7.19. The fraction of sp³-hybridized carbons (Fsp3) is 0.273. The molecule has 0 radical (unpaired) electrons. The Morgan fingerprint density at radius 3 is 2.54 bits per heavy atom. The fourth-order valence-corrected chi connectivity index (χ4v) is 2.57. The van der Waals surface area contributed by atoms with Crippen LogP contribution in [-0.4, -0.2) is 5.11 Å². The molecule has 2 heteroatoms. The predicted octanol–water partition coefficient (Wildman–Crippen LogP) is 3.53. The van der Waals surface area contributed by atoms with Crippen LogP contribution >= 0.6 is 11.3 Å². The number of phenolic OH excluding ortho intramolecular Hbond substituents is 1. The fourth-order valence-electron chi connectivity index (χ4n) is 1.49. The summed E-state index contributed by atoms with van der Waals surface area (Å²) in [5.41, 5.74) is 2.29. The smallest absolute Gasteiger partial charge is 0.119 e. The SMILES string of the molecule is Cc1cc2c(C)c(C)sc2cc1O. The average Bonchev–Trinajstić information content (AvgIpc) is 2.32. The summed E-state index contributed by atoms with van der Waals surface area (Å²) in [6.07, 6.45) is 0. The number of phenols is 1. The monoisotopic (exact) mass is 192 g/mol. The average molecular weight is 192 g/mol. The minimum atomic E-state index is 0.397. The second-order valence-corrected chi connectivity index (χ2v) is 4.67. The molecule has 1 N–H and O–H groups in total. The largest absolute Gasteiger partial charge is 0.508 e. The molecule has 0 unspecified atom stereocenters. The van der Waals surface area contributed by atoms with E-state index in [0.29, 0.717) is 5.75 Å². The lowest BCUT2D eigenvalue weighted by Crippen LogP contribution is -1.75. The van der Waals surface area contributed by atoms with Crippen LogP contribution in [-0.2, 0) is 0 Å². The maximum atomic E-state index is 9.52. The molecule has 0 saturated carbocycles. The Morgan fingerprint density at radius 1 is 1.15 bits per heavy atom. The number of aromatic hydroxyl groups is 1. The van der Waals surface area contributed by atoms with Crippen molar-refractivity contribution in [3.05, 3.63) is 28.1 Å². The van der Waals surface area contributed by atoms with E-state index in [1.165, 1.54) is 20.5 Å². The highest BCUT2D eigenvalue weighted by atomic mass is 32.1. The molecule has 1 aromatic heterocycles. The maximum Gasteiger partial charge on any atom is 0.119 e. The summed E-state index contributed by atoms with van der Waals surface area (Å²) in [4.78, 5) is 1.33. The molecular formula is C11H12OS. The normalized spacial score (nSPS) is 11.0. The van der Waals surface area contributed by atoms with E-state index in [1.54, 1.807) is 11.3 Å². The van der Waals surface area contributed by atoms with Gasteiger partial charge in [-0.1, -0.05) is 0 Å². The molecule has 0 aliphatic heterocycles. The third kappa shape index (κ3) is 1.22. The van der Waals surface area contributed by atoms with E-state index < -0.39 is 0 Å². The highest BCUT2D eigenvalue weighted by Gasteiger charge is 2.06. The van der Waals surface area contributed by atoms with Crippen molar-refractivity contribution in [2.24, 2.45) is 0 Å². The van der Waals surface area contributed by atoms with Crippen LogP contribution in [0, 0.1) is 20.8 Å². The molecule has 1 heterocycles. The standard InChI is InChI=1S/C11H12OS/c1-6-4-9-7(2)8(3)13-11(9)5-10(6)12/h4-5,12H,1-3H3. The summed E-state index contributed by atoms with van der Waals surface area (Å²) < 4.78 is 1.18. The van der Waals surface area contributed by atoms with Crippen LogP contribution in [0.2, 0.25) is 0 Å². The molecule has 2 rings (SSSR count). The van der Waals surface area contributed by atoms with Gasteiger partial charge in [0.25, 0.3) is 0 Å². The minimum absolute atomic E-state index is 0.397. The summed E-state index contributed by atoms with van der Waals surface area (Å²) in [7, 11) is 0. The number of hydrogen-bond acceptors (Lipinski definition) is 2. The molecule has 0 atom stereocenters. The van der Waals surface area contributed by atoms with Gasteiger partial charge in [-0.3, -0.25) is 0 Å². The zero-order chi connectivity index (χ0) is 9.59. The van der Waals surface area contributed by atoms with Gasteiger partial charge < -0.3 is 5.11 Å². The number of benzene rings is 1. The van der Waals surface area contributed by atoms with Crippen LogP contribution < -0.4 is 0 Å². The molecule has 0 aliphatic rings. The van der Waals surface area contributed by atoms with E-state index in [9.17, 15) is 5.11 Å². The summed E-state index contributed by atoms with van der Waals surface area (Å²) >= 11 is 1.74. The van der Waals surface area contributed by atoms with Crippen LogP contribution in [0.1, 0.15) is 16.0 Å². The van der Waals surface area contributed by atoms with Gasteiger partial charge >= 0.3 is 0 Å². The summed E-state index contributed by atoms with van der Waals surface area (Å²) in [5, 5.41) is 10.8. The predicted molar refractivity (Wildman–Crippen MR) is 57.7 cm³/mol. The summed E-state index contributed by atoms with van der Waals surface area (Å²) in [6, 6.07) is 3.92. The van der Waals surface area contributed by atoms with Crippen molar-refractivity contribution in [1.29, 1.82) is 0 Å². The van der Waals surface area contributed by atoms with Crippen molar-refractivity contribution >= 4 is 21.4 Å². The Kier molecular flexibility index (Phi) is 1.81. The first kappa shape index (κ1) is 8.57. The highest BCUT2D eigenvalue weighted by Crippen LogP contribution is 2.34. The second-order valence-electron chi connectivity index (χ2n) is 3.42. The molecule has 0 fully saturated rings. The van der Waals surface area contributed by atoms with Gasteiger partial charge in [0.1, 0.15) is 5.75 Å². The lowest BCUT2D eigenvalue weighted by Gasteiger charge is -1.98. The van der Waals surface area contributed by atoms with Gasteiger partial charge in [-0.2, -0.15) is 0 Å². The molecular weight excluding hydrogens is 180 g/mol. The van der Waals surface area contributed by atoms with Crippen molar-refractivity contribution in [1.82, 2.24) is 0 Å². The minimum Gasteiger partial charge on any atom is -0.508 e. The van der Waals surface area contributed by atoms with Gasteiger partial charge in [0, 0.05) is 9.58 Å². The zero-order valence-corrected chi connectivity index (χ0v) is 8.83. The molecule has 1 aromatic carbocycles. The summed E-state index contributed by atoms with van der Waals surface area (Å²) in [5.74, 6) is 0.397. The lowest BCUT2D eigenvalue weighted by molar-refractivity contribution is 0.472. The zero-order valence-electron chi connectivity index (χ0n) is 8.01. The number of fused-ring (bicyclic) bond motifs is 1. The number of thiophene rings is 1. The van der Waals surface area contributed by atoms with Crippen LogP contribution in [0.3, 0.4) is 0 Å². The van der Waals surface area contributed by atoms with Gasteiger partial charge in [0.15, 0.2) is 0 Å². The van der Waals surface area contributed by atoms with E-state index in [4.69, 9.17) is 0 Å². The van der Waals surface area contributed by atoms with Crippen molar-refractivity contribution < 1.29 is 5.11 Å². The molecule has 0 amide bonds. The van der Waals surface area contributed by atoms with Crippen molar-refractivity contribution in [3.63, 3.8) is 0 Å². The first-order valence-corrected chi connectivity index (χ1v) is 5.10. The lowest BCUT2D eigenvalue weighted by atomic mass is 10.1. The Morgan fingerprint density at radius 2 is 1.85 bits per heavy atom. The quantitative estimate of drug-likeness (QED) is 0.677. The summed E-state index contributed by atoms with van der Waals surface area (Å²) in [6.45, 7) is 6.18. The van der Waals surface area contributed by atoms with Gasteiger partial charge in [-0.15, -0.1) is 11.3 Å². The molecule has 0 saturated heterocycles. The van der Waals surface area contributed by atoms with Gasteiger partial charge in [0.2, 0.25) is 0 Å². The van der Waals surface area contributed by atoms with Crippen molar-refractivity contribution in [2.75, 3.05) is 0 Å². The Balaban J connectivity index is 2.89. The Labute approximate surface area is 81.6 Å². The van der Waals surface area contributed by atoms with Gasteiger partial charge in [0.05, 0.1) is 0 Å². The first-order valence-electron chi connectivity index (χ1n) is 4.29. The van der Waals surface area contributed by atoms with Crippen LogP contribution in [0.4, 0.5) is 0 Å².